The van der Waals surface area contributed by atoms with Crippen molar-refractivity contribution in [3.63, 3.8) is 0 Å². The number of aliphatic carboxylic acids is 1. The van der Waals surface area contributed by atoms with E-state index in [2.05, 4.69) is 0 Å². The number of benzene rings is 2. The van der Waals surface area contributed by atoms with Crippen molar-refractivity contribution >= 4 is 29.9 Å². The fraction of sp³-hybridized carbons (Fsp3) is 0.286. The predicted molar refractivity (Wildman–Crippen MR) is 109 cm³/mol. The van der Waals surface area contributed by atoms with Gasteiger partial charge in [0.15, 0.2) is 6.29 Å². The van der Waals surface area contributed by atoms with Crippen molar-refractivity contribution in [2.24, 2.45) is 0 Å². The van der Waals surface area contributed by atoms with Gasteiger partial charge in [-0.05, 0) is 23.8 Å². The first-order valence-electron chi connectivity index (χ1n) is 9.09. The van der Waals surface area contributed by atoms with E-state index in [1.165, 1.54) is 6.07 Å². The van der Waals surface area contributed by atoms with E-state index < -0.39 is 5.97 Å². The van der Waals surface area contributed by atoms with E-state index in [0.717, 1.165) is 5.75 Å². The second-order valence-electron chi connectivity index (χ2n) is 6.57. The number of ether oxygens (including phenoxy) is 1. The quantitative estimate of drug-likeness (QED) is 0.670. The Kier molecular flexibility index (Phi) is 6.77. The minimum absolute atomic E-state index is 0.0700. The molecule has 1 amide bonds. The molecule has 29 heavy (non-hydrogen) atoms. The molecule has 1 atom stereocenters. The van der Waals surface area contributed by atoms with E-state index in [4.69, 9.17) is 9.84 Å². The summed E-state index contributed by atoms with van der Waals surface area (Å²) in [6, 6.07) is 11.0. The molecule has 8 heteroatoms. The highest BCUT2D eigenvalue weighted by atomic mass is 32.2. The Morgan fingerprint density at radius 2 is 2.00 bits per heavy atom. The number of carboxylic acid groups (broad SMARTS) is 1. The standard InChI is InChI=1S/C21H21NO6S/c23-11-17-18(24)6-3-7-19(17)28-12-15-13-29-9-8-22(15)21(27)16-5-2-1-4-14(16)10-20(25)26/h1-7,11,15,24H,8-10,12-13H2,(H,25,26). The lowest BCUT2D eigenvalue weighted by atomic mass is 10.0. The Morgan fingerprint density at radius 1 is 1.21 bits per heavy atom. The number of rotatable bonds is 7. The van der Waals surface area contributed by atoms with Gasteiger partial charge in [-0.15, -0.1) is 0 Å². The number of thioether (sulfide) groups is 1. The molecule has 0 radical (unpaired) electrons. The van der Waals surface area contributed by atoms with Gasteiger partial charge in [0.05, 0.1) is 18.0 Å². The Bertz CT molecular complexity index is 916. The molecule has 0 aliphatic carbocycles. The zero-order valence-corrected chi connectivity index (χ0v) is 16.4. The molecule has 0 spiro atoms. The van der Waals surface area contributed by atoms with Crippen molar-refractivity contribution < 1.29 is 29.3 Å². The maximum absolute atomic E-state index is 13.2. The van der Waals surface area contributed by atoms with Crippen LogP contribution in [-0.4, -0.2) is 64.0 Å². The van der Waals surface area contributed by atoms with Crippen LogP contribution < -0.4 is 4.74 Å². The minimum Gasteiger partial charge on any atom is -0.507 e. The molecule has 1 aliphatic heterocycles. The van der Waals surface area contributed by atoms with Crippen LogP contribution in [0.25, 0.3) is 0 Å². The molecule has 2 N–H and O–H groups in total. The molecule has 1 saturated heterocycles. The fourth-order valence-electron chi connectivity index (χ4n) is 3.22. The highest BCUT2D eigenvalue weighted by Crippen LogP contribution is 2.27. The highest BCUT2D eigenvalue weighted by Gasteiger charge is 2.30. The first-order valence-corrected chi connectivity index (χ1v) is 10.2. The van der Waals surface area contributed by atoms with Crippen LogP contribution in [0.2, 0.25) is 0 Å². The van der Waals surface area contributed by atoms with Gasteiger partial charge in [-0.3, -0.25) is 14.4 Å². The summed E-state index contributed by atoms with van der Waals surface area (Å²) in [6.07, 6.45) is 0.309. The maximum atomic E-state index is 13.2. The Balaban J connectivity index is 1.78. The number of carbonyl (C=O) groups is 3. The normalized spacial score (nSPS) is 16.3. The van der Waals surface area contributed by atoms with Crippen LogP contribution in [0.15, 0.2) is 42.5 Å². The van der Waals surface area contributed by atoms with Crippen molar-refractivity contribution in [1.82, 2.24) is 4.90 Å². The number of nitrogens with zero attached hydrogens (tertiary/aromatic N) is 1. The number of phenolic OH excluding ortho intramolecular Hbond substituents is 1. The molecular formula is C21H21NO6S. The molecule has 0 aromatic heterocycles. The summed E-state index contributed by atoms with van der Waals surface area (Å²) in [7, 11) is 0. The number of aldehydes is 1. The summed E-state index contributed by atoms with van der Waals surface area (Å²) in [4.78, 5) is 37.2. The average Bonchev–Trinajstić information content (AvgIpc) is 2.72. The van der Waals surface area contributed by atoms with Crippen molar-refractivity contribution in [1.29, 1.82) is 0 Å². The summed E-state index contributed by atoms with van der Waals surface area (Å²) >= 11 is 1.70. The summed E-state index contributed by atoms with van der Waals surface area (Å²) in [5.41, 5.74) is 0.914. The average molecular weight is 415 g/mol. The van der Waals surface area contributed by atoms with Gasteiger partial charge in [-0.2, -0.15) is 11.8 Å². The number of aromatic hydroxyl groups is 1. The van der Waals surface area contributed by atoms with Gasteiger partial charge in [0.2, 0.25) is 0 Å². The molecule has 1 fully saturated rings. The van der Waals surface area contributed by atoms with E-state index in [1.807, 2.05) is 0 Å². The number of amides is 1. The second kappa shape index (κ2) is 9.47. The maximum Gasteiger partial charge on any atom is 0.307 e. The predicted octanol–water partition coefficient (Wildman–Crippen LogP) is 2.47. The van der Waals surface area contributed by atoms with Crippen LogP contribution in [0.5, 0.6) is 11.5 Å². The first-order chi connectivity index (χ1) is 14.0. The van der Waals surface area contributed by atoms with Crippen molar-refractivity contribution in [2.75, 3.05) is 24.7 Å². The number of hydrogen-bond donors (Lipinski definition) is 2. The largest absolute Gasteiger partial charge is 0.507 e. The highest BCUT2D eigenvalue weighted by molar-refractivity contribution is 7.99. The van der Waals surface area contributed by atoms with Gasteiger partial charge >= 0.3 is 5.97 Å². The number of carbonyl (C=O) groups excluding carboxylic acids is 2. The topological polar surface area (TPSA) is 104 Å². The molecular weight excluding hydrogens is 394 g/mol. The Labute approximate surface area is 172 Å². The third kappa shape index (κ3) is 4.89. The molecule has 0 bridgehead atoms. The van der Waals surface area contributed by atoms with E-state index in [0.29, 0.717) is 29.7 Å². The number of hydrogen-bond acceptors (Lipinski definition) is 6. The summed E-state index contributed by atoms with van der Waals surface area (Å²) in [5, 5.41) is 18.9. The van der Waals surface area contributed by atoms with Crippen LogP contribution in [0.3, 0.4) is 0 Å². The van der Waals surface area contributed by atoms with Crippen molar-refractivity contribution in [2.45, 2.75) is 12.5 Å². The Hall–Kier alpha value is -3.00. The summed E-state index contributed by atoms with van der Waals surface area (Å²) in [6.45, 7) is 0.670. The van der Waals surface area contributed by atoms with Gasteiger partial charge in [-0.25, -0.2) is 0 Å². The Morgan fingerprint density at radius 3 is 2.76 bits per heavy atom. The molecule has 0 saturated carbocycles. The molecule has 2 aromatic rings. The van der Waals surface area contributed by atoms with E-state index >= 15 is 0 Å². The summed E-state index contributed by atoms with van der Waals surface area (Å²) < 4.78 is 5.77. The zero-order valence-electron chi connectivity index (χ0n) is 15.6. The monoisotopic (exact) mass is 415 g/mol. The van der Waals surface area contributed by atoms with Crippen LogP contribution >= 0.6 is 11.8 Å². The van der Waals surface area contributed by atoms with Gasteiger partial charge in [0.25, 0.3) is 5.91 Å². The van der Waals surface area contributed by atoms with Crippen molar-refractivity contribution in [3.8, 4) is 11.5 Å². The van der Waals surface area contributed by atoms with Gasteiger partial charge in [0, 0.05) is 23.6 Å². The third-order valence-electron chi connectivity index (χ3n) is 4.67. The fourth-order valence-corrected chi connectivity index (χ4v) is 4.26. The lowest BCUT2D eigenvalue weighted by Gasteiger charge is -2.35. The second-order valence-corrected chi connectivity index (χ2v) is 7.72. The third-order valence-corrected chi connectivity index (χ3v) is 5.76. The molecule has 1 heterocycles. The molecule has 2 aromatic carbocycles. The van der Waals surface area contributed by atoms with Crippen LogP contribution in [0.1, 0.15) is 26.3 Å². The molecule has 3 rings (SSSR count). The van der Waals surface area contributed by atoms with Gasteiger partial charge in [-0.1, -0.05) is 24.3 Å². The van der Waals surface area contributed by atoms with E-state index in [-0.39, 0.29) is 42.0 Å². The smallest absolute Gasteiger partial charge is 0.307 e. The summed E-state index contributed by atoms with van der Waals surface area (Å²) in [5.74, 6) is 0.295. The van der Waals surface area contributed by atoms with E-state index in [1.54, 1.807) is 53.1 Å². The van der Waals surface area contributed by atoms with Gasteiger partial charge in [0.1, 0.15) is 18.1 Å². The molecule has 152 valence electrons. The SMILES string of the molecule is O=Cc1c(O)cccc1OCC1CSCCN1C(=O)c1ccccc1CC(=O)O. The first kappa shape index (κ1) is 20.7. The molecule has 7 nitrogen and oxygen atoms in total. The van der Waals surface area contributed by atoms with Crippen molar-refractivity contribution in [3.05, 3.63) is 59.2 Å². The lowest BCUT2D eigenvalue weighted by molar-refractivity contribution is -0.136. The number of carboxylic acids is 1. The lowest BCUT2D eigenvalue weighted by Crippen LogP contribution is -2.49. The zero-order chi connectivity index (χ0) is 20.8. The van der Waals surface area contributed by atoms with Gasteiger partial charge < -0.3 is 19.8 Å². The van der Waals surface area contributed by atoms with Crippen LogP contribution in [0.4, 0.5) is 0 Å². The molecule has 1 unspecified atom stereocenters. The molecule has 1 aliphatic rings. The van der Waals surface area contributed by atoms with Crippen LogP contribution in [-0.2, 0) is 11.2 Å². The van der Waals surface area contributed by atoms with E-state index in [9.17, 15) is 19.5 Å². The minimum atomic E-state index is -0.996. The number of phenols is 1. The van der Waals surface area contributed by atoms with Crippen LogP contribution in [0, 0.1) is 0 Å².